The molecule has 0 atom stereocenters. The molecule has 0 aliphatic carbocycles. The maximum absolute atomic E-state index is 8.49. The van der Waals surface area contributed by atoms with Crippen molar-refractivity contribution in [1.82, 2.24) is 5.23 Å². The Morgan fingerprint density at radius 3 is 2.67 bits per heavy atom. The largest absolute Gasteiger partial charge is 0.386 e. The van der Waals surface area contributed by atoms with Crippen LogP contribution in [-0.4, -0.2) is 17.5 Å². The minimum Gasteiger partial charge on any atom is -0.386 e. The van der Waals surface area contributed by atoms with Gasteiger partial charge in [0.25, 0.3) is 0 Å². The summed E-state index contributed by atoms with van der Waals surface area (Å²) in [7, 11) is 1.39. The molecule has 0 bridgehead atoms. The van der Waals surface area contributed by atoms with E-state index in [0.29, 0.717) is 11.0 Å². The molecular formula is C6H11NO2. The molecule has 0 aromatic carbocycles. The zero-order chi connectivity index (χ0) is 7.28. The fourth-order valence-electron chi connectivity index (χ4n) is 0.405. The summed E-state index contributed by atoms with van der Waals surface area (Å²) in [5.74, 6) is 0.593. The van der Waals surface area contributed by atoms with Crippen LogP contribution in [0.1, 0.15) is 6.92 Å². The van der Waals surface area contributed by atoms with Crippen LogP contribution in [-0.2, 0) is 4.84 Å². The van der Waals surface area contributed by atoms with Crippen LogP contribution >= 0.6 is 0 Å². The Labute approximate surface area is 54.8 Å². The number of allylic oxidation sites excluding steroid dienone is 3. The van der Waals surface area contributed by atoms with Gasteiger partial charge >= 0.3 is 0 Å². The smallest absolute Gasteiger partial charge is 0.124 e. The summed E-state index contributed by atoms with van der Waals surface area (Å²) >= 11 is 0. The summed E-state index contributed by atoms with van der Waals surface area (Å²) in [6, 6.07) is 0. The van der Waals surface area contributed by atoms with Crippen LogP contribution in [0.2, 0.25) is 0 Å². The van der Waals surface area contributed by atoms with Gasteiger partial charge in [0.2, 0.25) is 0 Å². The predicted molar refractivity (Wildman–Crippen MR) is 34.6 cm³/mol. The summed E-state index contributed by atoms with van der Waals surface area (Å²) in [5.41, 5.74) is 0. The SMILES string of the molecule is C=C/C=C(\C)ON(C)O. The molecule has 1 N–H and O–H groups in total. The summed E-state index contributed by atoms with van der Waals surface area (Å²) in [5, 5.41) is 9.12. The van der Waals surface area contributed by atoms with Crippen molar-refractivity contribution < 1.29 is 10.0 Å². The number of hydrogen-bond acceptors (Lipinski definition) is 3. The normalized spacial score (nSPS) is 11.8. The number of hydroxylamine groups is 2. The maximum Gasteiger partial charge on any atom is 0.124 e. The first-order chi connectivity index (χ1) is 4.16. The van der Waals surface area contributed by atoms with Crippen molar-refractivity contribution >= 4 is 0 Å². The van der Waals surface area contributed by atoms with Crippen LogP contribution in [0.25, 0.3) is 0 Å². The van der Waals surface area contributed by atoms with E-state index in [1.54, 1.807) is 19.1 Å². The van der Waals surface area contributed by atoms with Gasteiger partial charge in [-0.25, -0.2) is 0 Å². The van der Waals surface area contributed by atoms with Gasteiger partial charge in [0, 0.05) is 0 Å². The van der Waals surface area contributed by atoms with E-state index < -0.39 is 0 Å². The summed E-state index contributed by atoms with van der Waals surface area (Å²) in [6.45, 7) is 5.17. The van der Waals surface area contributed by atoms with Crippen LogP contribution in [0.3, 0.4) is 0 Å². The van der Waals surface area contributed by atoms with Crippen molar-refractivity contribution in [3.05, 3.63) is 24.5 Å². The molecule has 0 aromatic rings. The Morgan fingerprint density at radius 2 is 2.33 bits per heavy atom. The molecule has 3 nitrogen and oxygen atoms in total. The average Bonchev–Trinajstić information content (AvgIpc) is 1.63. The van der Waals surface area contributed by atoms with E-state index in [1.165, 1.54) is 7.05 Å². The van der Waals surface area contributed by atoms with Crippen molar-refractivity contribution in [2.75, 3.05) is 7.05 Å². The second kappa shape index (κ2) is 4.12. The highest BCUT2D eigenvalue weighted by Crippen LogP contribution is 1.95. The molecule has 0 saturated heterocycles. The van der Waals surface area contributed by atoms with Crippen molar-refractivity contribution in [2.45, 2.75) is 6.92 Å². The monoisotopic (exact) mass is 129 g/mol. The van der Waals surface area contributed by atoms with Crippen LogP contribution in [0.15, 0.2) is 24.5 Å². The van der Waals surface area contributed by atoms with Crippen molar-refractivity contribution in [3.63, 3.8) is 0 Å². The van der Waals surface area contributed by atoms with Crippen LogP contribution in [0.4, 0.5) is 0 Å². The highest BCUT2D eigenvalue weighted by atomic mass is 16.9. The fraction of sp³-hybridized carbons (Fsp3) is 0.333. The van der Waals surface area contributed by atoms with Gasteiger partial charge in [-0.2, -0.15) is 0 Å². The first kappa shape index (κ1) is 8.20. The Kier molecular flexibility index (Phi) is 3.75. The minimum absolute atomic E-state index is 0.593. The summed E-state index contributed by atoms with van der Waals surface area (Å²) < 4.78 is 0. The zero-order valence-electron chi connectivity index (χ0n) is 5.66. The van der Waals surface area contributed by atoms with Gasteiger partial charge in [-0.15, -0.1) is 0 Å². The molecule has 0 saturated carbocycles. The lowest BCUT2D eigenvalue weighted by Crippen LogP contribution is -2.11. The van der Waals surface area contributed by atoms with Crippen molar-refractivity contribution in [2.24, 2.45) is 0 Å². The predicted octanol–water partition coefficient (Wildman–Crippen LogP) is 1.33. The number of rotatable bonds is 3. The Balaban J connectivity index is 3.61. The van der Waals surface area contributed by atoms with Crippen LogP contribution in [0, 0.1) is 0 Å². The first-order valence-electron chi connectivity index (χ1n) is 2.56. The molecule has 3 heteroatoms. The van der Waals surface area contributed by atoms with Crippen molar-refractivity contribution in [1.29, 1.82) is 0 Å². The topological polar surface area (TPSA) is 32.7 Å². The van der Waals surface area contributed by atoms with Crippen LogP contribution in [0.5, 0.6) is 0 Å². The third-order valence-electron chi connectivity index (χ3n) is 0.629. The third kappa shape index (κ3) is 5.06. The van der Waals surface area contributed by atoms with E-state index in [1.807, 2.05) is 0 Å². The molecule has 0 spiro atoms. The Hall–Kier alpha value is -0.800. The van der Waals surface area contributed by atoms with Gasteiger partial charge in [-0.1, -0.05) is 12.7 Å². The van der Waals surface area contributed by atoms with Crippen LogP contribution < -0.4 is 0 Å². The standard InChI is InChI=1S/C6H11NO2/c1-4-5-6(2)9-7(3)8/h4-5,8H,1H2,2-3H3/b6-5+. The fourth-order valence-corrected chi connectivity index (χ4v) is 0.405. The Morgan fingerprint density at radius 1 is 1.78 bits per heavy atom. The van der Waals surface area contributed by atoms with Gasteiger partial charge in [-0.3, -0.25) is 5.21 Å². The lowest BCUT2D eigenvalue weighted by molar-refractivity contribution is -0.299. The van der Waals surface area contributed by atoms with Gasteiger partial charge < -0.3 is 4.84 Å². The summed E-state index contributed by atoms with van der Waals surface area (Å²) in [6.07, 6.45) is 3.23. The van der Waals surface area contributed by atoms with E-state index in [9.17, 15) is 0 Å². The molecule has 52 valence electrons. The molecule has 0 heterocycles. The second-order valence-electron chi connectivity index (χ2n) is 1.57. The molecule has 0 amide bonds. The lowest BCUT2D eigenvalue weighted by Gasteiger charge is -2.08. The molecule has 0 unspecified atom stereocenters. The lowest BCUT2D eigenvalue weighted by atomic mass is 10.5. The van der Waals surface area contributed by atoms with E-state index in [-0.39, 0.29) is 0 Å². The second-order valence-corrected chi connectivity index (χ2v) is 1.57. The van der Waals surface area contributed by atoms with E-state index in [4.69, 9.17) is 5.21 Å². The summed E-state index contributed by atoms with van der Waals surface area (Å²) in [4.78, 5) is 4.67. The van der Waals surface area contributed by atoms with E-state index in [0.717, 1.165) is 0 Å². The number of nitrogens with zero attached hydrogens (tertiary/aromatic N) is 1. The number of hydrogen-bond donors (Lipinski definition) is 1. The van der Waals surface area contributed by atoms with Gasteiger partial charge in [0.1, 0.15) is 5.76 Å². The minimum atomic E-state index is 0.593. The quantitative estimate of drug-likeness (QED) is 0.354. The molecule has 0 rings (SSSR count). The maximum atomic E-state index is 8.49. The van der Waals surface area contributed by atoms with E-state index in [2.05, 4.69) is 11.4 Å². The van der Waals surface area contributed by atoms with Gasteiger partial charge in [0.15, 0.2) is 0 Å². The van der Waals surface area contributed by atoms with E-state index >= 15 is 0 Å². The zero-order valence-corrected chi connectivity index (χ0v) is 5.66. The van der Waals surface area contributed by atoms with Crippen molar-refractivity contribution in [3.8, 4) is 0 Å². The molecule has 0 aromatic heterocycles. The molecule has 0 radical (unpaired) electrons. The van der Waals surface area contributed by atoms with Gasteiger partial charge in [0.05, 0.1) is 7.05 Å². The first-order valence-corrected chi connectivity index (χ1v) is 2.56. The third-order valence-corrected chi connectivity index (χ3v) is 0.629. The highest BCUT2D eigenvalue weighted by molar-refractivity contribution is 5.00. The molecule has 9 heavy (non-hydrogen) atoms. The molecular weight excluding hydrogens is 118 g/mol. The van der Waals surface area contributed by atoms with Gasteiger partial charge in [-0.05, 0) is 18.2 Å². The molecule has 0 aliphatic heterocycles. The average molecular weight is 129 g/mol. The molecule has 0 aliphatic rings. The highest BCUT2D eigenvalue weighted by Gasteiger charge is 1.89. The Bertz CT molecular complexity index is 118. The molecule has 0 fully saturated rings.